The first-order valence-corrected chi connectivity index (χ1v) is 4.52. The van der Waals surface area contributed by atoms with Crippen LogP contribution in [-0.2, 0) is 6.42 Å². The third-order valence-corrected chi connectivity index (χ3v) is 2.31. The number of aromatic amines is 1. The second kappa shape index (κ2) is 3.23. The molecule has 0 spiro atoms. The maximum atomic E-state index is 4.40. The Kier molecular flexibility index (Phi) is 2.08. The number of nitrogens with one attached hydrogen (secondary N) is 2. The second-order valence-corrected chi connectivity index (χ2v) is 3.18. The normalized spacial score (nSPS) is 23.2. The molecule has 66 valence electrons. The highest BCUT2D eigenvalue weighted by molar-refractivity contribution is 5.01. The van der Waals surface area contributed by atoms with E-state index in [0.717, 1.165) is 31.2 Å². The average Bonchev–Trinajstić information content (AvgIpc) is 2.75. The Hall–Kier alpha value is -0.900. The van der Waals surface area contributed by atoms with Crippen LogP contribution in [0.4, 0.5) is 0 Å². The smallest absolute Gasteiger partial charge is 0.155 e. The molecule has 1 atom stereocenters. The van der Waals surface area contributed by atoms with Crippen LogP contribution in [0.2, 0.25) is 0 Å². The SMILES string of the molecule is CCc1nc(C2CCNC2)n[nH]1. The topological polar surface area (TPSA) is 53.6 Å². The van der Waals surface area contributed by atoms with Crippen LogP contribution in [0.25, 0.3) is 0 Å². The Morgan fingerprint density at radius 2 is 2.50 bits per heavy atom. The van der Waals surface area contributed by atoms with Crippen molar-refractivity contribution in [1.29, 1.82) is 0 Å². The Labute approximate surface area is 71.8 Å². The summed E-state index contributed by atoms with van der Waals surface area (Å²) in [5.41, 5.74) is 0. The van der Waals surface area contributed by atoms with E-state index in [1.165, 1.54) is 6.42 Å². The van der Waals surface area contributed by atoms with E-state index in [1.807, 2.05) is 0 Å². The molecule has 2 rings (SSSR count). The Bertz CT molecular complexity index is 249. The van der Waals surface area contributed by atoms with Crippen molar-refractivity contribution in [2.45, 2.75) is 25.7 Å². The molecule has 1 aromatic heterocycles. The highest BCUT2D eigenvalue weighted by atomic mass is 15.2. The van der Waals surface area contributed by atoms with E-state index in [4.69, 9.17) is 0 Å². The molecule has 0 radical (unpaired) electrons. The molecule has 0 aromatic carbocycles. The molecule has 0 bridgehead atoms. The Balaban J connectivity index is 2.11. The second-order valence-electron chi connectivity index (χ2n) is 3.18. The molecule has 1 aromatic rings. The number of hydrogen-bond acceptors (Lipinski definition) is 3. The fraction of sp³-hybridized carbons (Fsp3) is 0.750. The molecule has 0 amide bonds. The highest BCUT2D eigenvalue weighted by Gasteiger charge is 2.20. The van der Waals surface area contributed by atoms with Gasteiger partial charge in [0.05, 0.1) is 0 Å². The lowest BCUT2D eigenvalue weighted by Crippen LogP contribution is -2.08. The van der Waals surface area contributed by atoms with Gasteiger partial charge in [0.15, 0.2) is 5.82 Å². The van der Waals surface area contributed by atoms with Gasteiger partial charge in [-0.1, -0.05) is 6.92 Å². The number of aryl methyl sites for hydroxylation is 1. The number of H-pyrrole nitrogens is 1. The average molecular weight is 166 g/mol. The van der Waals surface area contributed by atoms with Gasteiger partial charge in [0, 0.05) is 18.9 Å². The molecule has 4 nitrogen and oxygen atoms in total. The van der Waals surface area contributed by atoms with E-state index in [0.29, 0.717) is 5.92 Å². The van der Waals surface area contributed by atoms with E-state index in [1.54, 1.807) is 0 Å². The van der Waals surface area contributed by atoms with E-state index in [9.17, 15) is 0 Å². The van der Waals surface area contributed by atoms with Crippen LogP contribution in [0.1, 0.15) is 30.9 Å². The lowest BCUT2D eigenvalue weighted by molar-refractivity contribution is 0.706. The first kappa shape index (κ1) is 7.73. The summed E-state index contributed by atoms with van der Waals surface area (Å²) in [6.45, 7) is 4.21. The molecule has 1 aliphatic rings. The van der Waals surface area contributed by atoms with E-state index < -0.39 is 0 Å². The standard InChI is InChI=1S/C8H14N4/c1-2-7-10-8(12-11-7)6-3-4-9-5-6/h6,9H,2-5H2,1H3,(H,10,11,12). The fourth-order valence-electron chi connectivity index (χ4n) is 1.53. The van der Waals surface area contributed by atoms with Crippen molar-refractivity contribution in [2.75, 3.05) is 13.1 Å². The predicted molar refractivity (Wildman–Crippen MR) is 46.0 cm³/mol. The first-order valence-electron chi connectivity index (χ1n) is 4.52. The van der Waals surface area contributed by atoms with Gasteiger partial charge in [0.25, 0.3) is 0 Å². The summed E-state index contributed by atoms with van der Waals surface area (Å²) in [5.74, 6) is 2.51. The zero-order valence-electron chi connectivity index (χ0n) is 7.30. The van der Waals surface area contributed by atoms with Gasteiger partial charge in [-0.3, -0.25) is 5.10 Å². The minimum atomic E-state index is 0.529. The zero-order chi connectivity index (χ0) is 8.39. The quantitative estimate of drug-likeness (QED) is 0.670. The molecule has 2 N–H and O–H groups in total. The molecule has 1 fully saturated rings. The van der Waals surface area contributed by atoms with Gasteiger partial charge in [-0.2, -0.15) is 5.10 Å². The van der Waals surface area contributed by atoms with Crippen LogP contribution >= 0.6 is 0 Å². The van der Waals surface area contributed by atoms with Gasteiger partial charge >= 0.3 is 0 Å². The van der Waals surface area contributed by atoms with E-state index in [-0.39, 0.29) is 0 Å². The van der Waals surface area contributed by atoms with Crippen molar-refractivity contribution in [3.05, 3.63) is 11.6 Å². The van der Waals surface area contributed by atoms with Gasteiger partial charge in [0.2, 0.25) is 0 Å². The van der Waals surface area contributed by atoms with E-state index in [2.05, 4.69) is 27.4 Å². The molecular formula is C8H14N4. The van der Waals surface area contributed by atoms with Gasteiger partial charge in [-0.25, -0.2) is 4.98 Å². The number of hydrogen-bond donors (Lipinski definition) is 2. The summed E-state index contributed by atoms with van der Waals surface area (Å²) < 4.78 is 0. The van der Waals surface area contributed by atoms with Crippen molar-refractivity contribution < 1.29 is 0 Å². The largest absolute Gasteiger partial charge is 0.316 e. The third kappa shape index (κ3) is 1.34. The summed E-state index contributed by atoms with van der Waals surface area (Å²) in [5, 5.41) is 10.4. The van der Waals surface area contributed by atoms with Crippen molar-refractivity contribution in [3.8, 4) is 0 Å². The summed E-state index contributed by atoms with van der Waals surface area (Å²) in [7, 11) is 0. The maximum Gasteiger partial charge on any atom is 0.155 e. The number of aromatic nitrogens is 3. The summed E-state index contributed by atoms with van der Waals surface area (Å²) in [6.07, 6.45) is 2.11. The lowest BCUT2D eigenvalue weighted by Gasteiger charge is -1.99. The maximum absolute atomic E-state index is 4.40. The van der Waals surface area contributed by atoms with Crippen molar-refractivity contribution >= 4 is 0 Å². The van der Waals surface area contributed by atoms with Gasteiger partial charge < -0.3 is 5.32 Å². The molecular weight excluding hydrogens is 152 g/mol. The molecule has 1 aliphatic heterocycles. The third-order valence-electron chi connectivity index (χ3n) is 2.31. The lowest BCUT2D eigenvalue weighted by atomic mass is 10.1. The fourth-order valence-corrected chi connectivity index (χ4v) is 1.53. The zero-order valence-corrected chi connectivity index (χ0v) is 7.30. The van der Waals surface area contributed by atoms with Crippen LogP contribution in [0.5, 0.6) is 0 Å². The molecule has 12 heavy (non-hydrogen) atoms. The molecule has 1 saturated heterocycles. The van der Waals surface area contributed by atoms with Crippen LogP contribution in [0, 0.1) is 0 Å². The first-order chi connectivity index (χ1) is 5.90. The van der Waals surface area contributed by atoms with Crippen LogP contribution < -0.4 is 5.32 Å². The molecule has 0 saturated carbocycles. The molecule has 0 aliphatic carbocycles. The minimum Gasteiger partial charge on any atom is -0.316 e. The minimum absolute atomic E-state index is 0.529. The number of nitrogens with zero attached hydrogens (tertiary/aromatic N) is 2. The summed E-state index contributed by atoms with van der Waals surface area (Å²) in [6, 6.07) is 0. The highest BCUT2D eigenvalue weighted by Crippen LogP contribution is 2.17. The Morgan fingerprint density at radius 1 is 1.58 bits per heavy atom. The Morgan fingerprint density at radius 3 is 3.08 bits per heavy atom. The van der Waals surface area contributed by atoms with Crippen molar-refractivity contribution in [1.82, 2.24) is 20.5 Å². The van der Waals surface area contributed by atoms with Gasteiger partial charge in [0.1, 0.15) is 5.82 Å². The summed E-state index contributed by atoms with van der Waals surface area (Å²) >= 11 is 0. The van der Waals surface area contributed by atoms with E-state index >= 15 is 0 Å². The van der Waals surface area contributed by atoms with Gasteiger partial charge in [-0.05, 0) is 13.0 Å². The van der Waals surface area contributed by atoms with Crippen molar-refractivity contribution in [3.63, 3.8) is 0 Å². The molecule has 2 heterocycles. The summed E-state index contributed by atoms with van der Waals surface area (Å²) in [4.78, 5) is 4.40. The van der Waals surface area contributed by atoms with Crippen LogP contribution in [0.3, 0.4) is 0 Å². The van der Waals surface area contributed by atoms with Gasteiger partial charge in [-0.15, -0.1) is 0 Å². The number of rotatable bonds is 2. The predicted octanol–water partition coefficient (Wildman–Crippen LogP) is 0.444. The molecule has 1 unspecified atom stereocenters. The monoisotopic (exact) mass is 166 g/mol. The van der Waals surface area contributed by atoms with Crippen LogP contribution in [-0.4, -0.2) is 28.3 Å². The van der Waals surface area contributed by atoms with Crippen molar-refractivity contribution in [2.24, 2.45) is 0 Å². The molecule has 4 heteroatoms. The van der Waals surface area contributed by atoms with Crippen LogP contribution in [0.15, 0.2) is 0 Å².